The molecule has 0 unspecified atom stereocenters. The van der Waals surface area contributed by atoms with Gasteiger partial charge in [-0.2, -0.15) is 0 Å². The van der Waals surface area contributed by atoms with Gasteiger partial charge in [0, 0.05) is 4.90 Å². The molecule has 0 aliphatic heterocycles. The first-order valence-electron chi connectivity index (χ1n) is 2.74. The van der Waals surface area contributed by atoms with Crippen LogP contribution in [0.3, 0.4) is 0 Å². The van der Waals surface area contributed by atoms with Gasteiger partial charge in [-0.05, 0) is 41.3 Å². The molecule has 0 saturated heterocycles. The molecule has 0 aromatic heterocycles. The monoisotopic (exact) mass is 150 g/mol. The van der Waals surface area contributed by atoms with Crippen LogP contribution >= 0.6 is 11.8 Å². The molecule has 1 aromatic carbocycles. The molecule has 0 bridgehead atoms. The van der Waals surface area contributed by atoms with Gasteiger partial charge in [-0.15, -0.1) is 6.42 Å². The second-order valence-electron chi connectivity index (χ2n) is 1.71. The summed E-state index contributed by atoms with van der Waals surface area (Å²) in [6, 6.07) is 6.78. The Morgan fingerprint density at radius 1 is 1.30 bits per heavy atom. The van der Waals surface area contributed by atoms with Gasteiger partial charge in [0.25, 0.3) is 0 Å². The minimum atomic E-state index is 0.265. The summed E-state index contributed by atoms with van der Waals surface area (Å²) in [4.78, 5) is 0.973. The molecule has 0 aliphatic carbocycles. The van der Waals surface area contributed by atoms with Crippen molar-refractivity contribution in [2.45, 2.75) is 4.90 Å². The quantitative estimate of drug-likeness (QED) is 0.488. The lowest BCUT2D eigenvalue weighted by molar-refractivity contribution is 0.475. The summed E-state index contributed by atoms with van der Waals surface area (Å²) in [6.45, 7) is 0. The van der Waals surface area contributed by atoms with E-state index in [0.29, 0.717) is 0 Å². The van der Waals surface area contributed by atoms with Crippen LogP contribution in [0.2, 0.25) is 0 Å². The molecule has 2 heteroatoms. The third-order valence-corrected chi connectivity index (χ3v) is 1.64. The molecule has 0 atom stereocenters. The van der Waals surface area contributed by atoms with E-state index in [1.165, 1.54) is 11.8 Å². The number of benzene rings is 1. The van der Waals surface area contributed by atoms with Crippen molar-refractivity contribution in [2.75, 3.05) is 0 Å². The fraction of sp³-hybridized carbons (Fsp3) is 0. The van der Waals surface area contributed by atoms with Crippen molar-refractivity contribution >= 4 is 11.8 Å². The zero-order valence-corrected chi connectivity index (χ0v) is 6.06. The average molecular weight is 150 g/mol. The second-order valence-corrected chi connectivity index (χ2v) is 2.63. The van der Waals surface area contributed by atoms with Crippen molar-refractivity contribution in [2.24, 2.45) is 0 Å². The van der Waals surface area contributed by atoms with Gasteiger partial charge >= 0.3 is 0 Å². The van der Waals surface area contributed by atoms with Crippen molar-refractivity contribution in [3.05, 3.63) is 24.3 Å². The highest BCUT2D eigenvalue weighted by Crippen LogP contribution is 2.18. The lowest BCUT2D eigenvalue weighted by atomic mass is 10.3. The Balaban J connectivity index is 2.81. The van der Waals surface area contributed by atoms with Crippen LogP contribution in [0.25, 0.3) is 0 Å². The van der Waals surface area contributed by atoms with E-state index >= 15 is 0 Å². The number of hydrogen-bond acceptors (Lipinski definition) is 2. The molecule has 50 valence electrons. The molecule has 10 heavy (non-hydrogen) atoms. The standard InChI is InChI=1S/C8H6OS/c1-2-10-8-5-3-7(9)4-6-8/h1,3-6,9H. The third kappa shape index (κ3) is 1.71. The van der Waals surface area contributed by atoms with Gasteiger partial charge < -0.3 is 5.11 Å². The van der Waals surface area contributed by atoms with Crippen molar-refractivity contribution in [3.8, 4) is 17.4 Å². The normalized spacial score (nSPS) is 8.70. The lowest BCUT2D eigenvalue weighted by Crippen LogP contribution is -1.66. The van der Waals surface area contributed by atoms with Crippen LogP contribution in [0.15, 0.2) is 29.2 Å². The van der Waals surface area contributed by atoms with Gasteiger partial charge in [0.2, 0.25) is 0 Å². The van der Waals surface area contributed by atoms with Crippen LogP contribution in [0.1, 0.15) is 0 Å². The predicted octanol–water partition coefficient (Wildman–Crippen LogP) is 2.08. The Kier molecular flexibility index (Phi) is 2.24. The third-order valence-electron chi connectivity index (χ3n) is 1.01. The van der Waals surface area contributed by atoms with Crippen molar-refractivity contribution in [3.63, 3.8) is 0 Å². The van der Waals surface area contributed by atoms with Gasteiger partial charge in [0.15, 0.2) is 0 Å². The Bertz CT molecular complexity index is 245. The van der Waals surface area contributed by atoms with Crippen LogP contribution in [-0.2, 0) is 0 Å². The summed E-state index contributed by atoms with van der Waals surface area (Å²) in [7, 11) is 0. The highest BCUT2D eigenvalue weighted by molar-refractivity contribution is 8.03. The van der Waals surface area contributed by atoms with Crippen LogP contribution in [-0.4, -0.2) is 5.11 Å². The van der Waals surface area contributed by atoms with Gasteiger partial charge in [0.05, 0.1) is 0 Å². The maximum atomic E-state index is 8.86. The zero-order valence-electron chi connectivity index (χ0n) is 5.24. The Hall–Kier alpha value is -1.07. The van der Waals surface area contributed by atoms with E-state index in [9.17, 15) is 0 Å². The summed E-state index contributed by atoms with van der Waals surface area (Å²) in [5.41, 5.74) is 0. The van der Waals surface area contributed by atoms with E-state index in [1.54, 1.807) is 24.3 Å². The Morgan fingerprint density at radius 3 is 2.40 bits per heavy atom. The molecular weight excluding hydrogens is 144 g/mol. The molecule has 1 N–H and O–H groups in total. The Morgan fingerprint density at radius 2 is 1.90 bits per heavy atom. The maximum absolute atomic E-state index is 8.86. The van der Waals surface area contributed by atoms with E-state index in [0.717, 1.165) is 4.90 Å². The van der Waals surface area contributed by atoms with Crippen LogP contribution in [0.4, 0.5) is 0 Å². The molecule has 1 aromatic rings. The maximum Gasteiger partial charge on any atom is 0.115 e. The molecule has 0 spiro atoms. The molecule has 0 aliphatic rings. The largest absolute Gasteiger partial charge is 0.508 e. The zero-order chi connectivity index (χ0) is 7.40. The highest BCUT2D eigenvalue weighted by atomic mass is 32.2. The van der Waals surface area contributed by atoms with Crippen LogP contribution in [0.5, 0.6) is 5.75 Å². The smallest absolute Gasteiger partial charge is 0.115 e. The number of phenols is 1. The summed E-state index contributed by atoms with van der Waals surface area (Å²) >= 11 is 1.30. The number of rotatable bonds is 1. The van der Waals surface area contributed by atoms with Gasteiger partial charge in [-0.1, -0.05) is 0 Å². The highest BCUT2D eigenvalue weighted by Gasteiger charge is 1.89. The molecule has 0 heterocycles. The number of hydrogen-bond donors (Lipinski definition) is 1. The predicted molar refractivity (Wildman–Crippen MR) is 42.8 cm³/mol. The first-order chi connectivity index (χ1) is 4.83. The van der Waals surface area contributed by atoms with Gasteiger partial charge in [-0.3, -0.25) is 0 Å². The van der Waals surface area contributed by atoms with E-state index in [1.807, 2.05) is 0 Å². The number of thioether (sulfide) groups is 1. The summed E-state index contributed by atoms with van der Waals surface area (Å²) < 4.78 is 0. The molecule has 1 rings (SSSR count). The number of phenolic OH excluding ortho intramolecular Hbond substituents is 1. The Labute approximate surface area is 64.1 Å². The fourth-order valence-corrected chi connectivity index (χ4v) is 0.990. The number of terminal acetylenes is 1. The molecule has 0 fully saturated rings. The molecule has 1 nitrogen and oxygen atoms in total. The number of aromatic hydroxyl groups is 1. The van der Waals surface area contributed by atoms with E-state index in [-0.39, 0.29) is 5.75 Å². The van der Waals surface area contributed by atoms with Gasteiger partial charge in [-0.25, -0.2) is 0 Å². The van der Waals surface area contributed by atoms with Crippen molar-refractivity contribution in [1.29, 1.82) is 0 Å². The molecule has 0 saturated carbocycles. The minimum Gasteiger partial charge on any atom is -0.508 e. The first kappa shape index (κ1) is 7.04. The van der Waals surface area contributed by atoms with Crippen molar-refractivity contribution < 1.29 is 5.11 Å². The topological polar surface area (TPSA) is 20.2 Å². The van der Waals surface area contributed by atoms with E-state index < -0.39 is 0 Å². The fourth-order valence-electron chi connectivity index (χ4n) is 0.582. The first-order valence-corrected chi connectivity index (χ1v) is 3.56. The van der Waals surface area contributed by atoms with Gasteiger partial charge in [0.1, 0.15) is 5.75 Å². The second kappa shape index (κ2) is 3.19. The summed E-state index contributed by atoms with van der Waals surface area (Å²) in [6.07, 6.45) is 5.05. The summed E-state index contributed by atoms with van der Waals surface area (Å²) in [5.74, 6) is 0.265. The average Bonchev–Trinajstić information content (AvgIpc) is 1.95. The molecular formula is C8H6OS. The lowest BCUT2D eigenvalue weighted by Gasteiger charge is -1.92. The van der Waals surface area contributed by atoms with E-state index in [2.05, 4.69) is 5.25 Å². The van der Waals surface area contributed by atoms with Crippen molar-refractivity contribution in [1.82, 2.24) is 0 Å². The molecule has 0 radical (unpaired) electrons. The van der Waals surface area contributed by atoms with Crippen LogP contribution in [0, 0.1) is 11.7 Å². The van der Waals surface area contributed by atoms with E-state index in [4.69, 9.17) is 11.5 Å². The van der Waals surface area contributed by atoms with Crippen LogP contribution < -0.4 is 0 Å². The summed E-state index contributed by atoms with van der Waals surface area (Å²) in [5, 5.41) is 11.3. The SMILES string of the molecule is C#CSc1ccc(O)cc1. The molecule has 0 amide bonds. The minimum absolute atomic E-state index is 0.265.